The van der Waals surface area contributed by atoms with E-state index in [1.165, 1.54) is 0 Å². The maximum Gasteiger partial charge on any atom is 0.173 e. The van der Waals surface area contributed by atoms with E-state index >= 15 is 0 Å². The average molecular weight is 286 g/mol. The van der Waals surface area contributed by atoms with Gasteiger partial charge < -0.3 is 15.2 Å². The summed E-state index contributed by atoms with van der Waals surface area (Å²) in [5, 5.41) is 13.3. The molecule has 0 saturated heterocycles. The van der Waals surface area contributed by atoms with Crippen LogP contribution in [0.1, 0.15) is 12.8 Å². The highest BCUT2D eigenvalue weighted by Gasteiger charge is 2.15. The Hall–Kier alpha value is -2.04. The minimum Gasteiger partial charge on any atom is -0.473 e. The summed E-state index contributed by atoms with van der Waals surface area (Å²) >= 11 is 0. The predicted octanol–water partition coefficient (Wildman–Crippen LogP) is 2.60. The summed E-state index contributed by atoms with van der Waals surface area (Å²) in [6.45, 7) is 0.791. The molecule has 0 amide bonds. The van der Waals surface area contributed by atoms with Gasteiger partial charge in [0, 0.05) is 12.2 Å². The lowest BCUT2D eigenvalue weighted by atomic mass is 10.1. The van der Waals surface area contributed by atoms with Gasteiger partial charge in [-0.1, -0.05) is 36.4 Å². The van der Waals surface area contributed by atoms with Crippen LogP contribution in [-0.4, -0.2) is 24.0 Å². The van der Waals surface area contributed by atoms with Gasteiger partial charge in [0.2, 0.25) is 0 Å². The van der Waals surface area contributed by atoms with Crippen molar-refractivity contribution in [1.82, 2.24) is 0 Å². The number of para-hydroxylation sites is 2. The van der Waals surface area contributed by atoms with E-state index < -0.39 is 12.3 Å². The molecule has 4 heteroatoms. The molecule has 0 aliphatic heterocycles. The molecule has 0 radical (unpaired) electrons. The number of aliphatic hydroxyl groups is 1. The minimum atomic E-state index is -0.705. The molecule has 0 bridgehead atoms. The van der Waals surface area contributed by atoms with Crippen LogP contribution in [-0.2, 0) is 0 Å². The van der Waals surface area contributed by atoms with Crippen molar-refractivity contribution < 1.29 is 9.84 Å². The van der Waals surface area contributed by atoms with Gasteiger partial charge in [0.1, 0.15) is 11.9 Å². The molecule has 21 heavy (non-hydrogen) atoms. The highest BCUT2D eigenvalue weighted by molar-refractivity contribution is 5.42. The van der Waals surface area contributed by atoms with Gasteiger partial charge in [-0.3, -0.25) is 5.73 Å². The number of rotatable bonds is 8. The van der Waals surface area contributed by atoms with Crippen LogP contribution in [0.4, 0.5) is 5.69 Å². The summed E-state index contributed by atoms with van der Waals surface area (Å²) in [6.07, 6.45) is 0.0299. The number of benzene rings is 2. The van der Waals surface area contributed by atoms with Crippen molar-refractivity contribution in [1.29, 1.82) is 0 Å². The summed E-state index contributed by atoms with van der Waals surface area (Å²) in [6, 6.07) is 19.3. The van der Waals surface area contributed by atoms with Crippen LogP contribution in [0.25, 0.3) is 0 Å². The molecule has 2 unspecified atom stereocenters. The third-order valence-electron chi connectivity index (χ3n) is 3.17. The zero-order valence-electron chi connectivity index (χ0n) is 12.0. The first-order valence-corrected chi connectivity index (χ1v) is 7.20. The molecule has 4 nitrogen and oxygen atoms in total. The molecular formula is C17H22N2O2. The second-order valence-corrected chi connectivity index (χ2v) is 4.90. The molecule has 2 aromatic carbocycles. The molecule has 0 aliphatic carbocycles. The quantitative estimate of drug-likeness (QED) is 0.515. The van der Waals surface area contributed by atoms with Crippen molar-refractivity contribution in [2.45, 2.75) is 25.2 Å². The standard InChI is InChI=1S/C17H22N2O2/c18-17(21-15-10-5-2-6-11-15)16(20)12-7-13-19-14-8-3-1-4-9-14/h1-6,8-11,16-17,19-20H,7,12-13,18H2. The highest BCUT2D eigenvalue weighted by atomic mass is 16.5. The van der Waals surface area contributed by atoms with Crippen LogP contribution in [0.5, 0.6) is 5.75 Å². The highest BCUT2D eigenvalue weighted by Crippen LogP contribution is 2.12. The van der Waals surface area contributed by atoms with Gasteiger partial charge in [-0.25, -0.2) is 0 Å². The molecule has 2 atom stereocenters. The van der Waals surface area contributed by atoms with Crippen LogP contribution in [0.3, 0.4) is 0 Å². The molecule has 4 N–H and O–H groups in total. The van der Waals surface area contributed by atoms with Crippen LogP contribution < -0.4 is 15.8 Å². The number of hydrogen-bond acceptors (Lipinski definition) is 4. The summed E-state index contributed by atoms with van der Waals surface area (Å²) in [7, 11) is 0. The van der Waals surface area contributed by atoms with Crippen LogP contribution in [0, 0.1) is 0 Å². The molecular weight excluding hydrogens is 264 g/mol. The van der Waals surface area contributed by atoms with Crippen molar-refractivity contribution in [3.8, 4) is 5.75 Å². The number of hydrogen-bond donors (Lipinski definition) is 3. The Labute approximate surface area is 125 Å². The smallest absolute Gasteiger partial charge is 0.173 e. The Kier molecular flexibility index (Phi) is 6.06. The molecule has 0 aromatic heterocycles. The van der Waals surface area contributed by atoms with E-state index in [-0.39, 0.29) is 0 Å². The maximum absolute atomic E-state index is 10.00. The van der Waals surface area contributed by atoms with Gasteiger partial charge in [-0.05, 0) is 37.1 Å². The number of ether oxygens (including phenoxy) is 1. The van der Waals surface area contributed by atoms with Crippen LogP contribution >= 0.6 is 0 Å². The van der Waals surface area contributed by atoms with E-state index in [0.717, 1.165) is 18.7 Å². The number of anilines is 1. The third-order valence-corrected chi connectivity index (χ3v) is 3.17. The largest absolute Gasteiger partial charge is 0.473 e. The lowest BCUT2D eigenvalue weighted by Gasteiger charge is -2.20. The second kappa shape index (κ2) is 8.29. The fourth-order valence-corrected chi connectivity index (χ4v) is 2.00. The first kappa shape index (κ1) is 15.4. The Balaban J connectivity index is 1.66. The molecule has 2 rings (SSSR count). The topological polar surface area (TPSA) is 67.5 Å². The van der Waals surface area contributed by atoms with Crippen molar-refractivity contribution in [3.05, 3.63) is 60.7 Å². The van der Waals surface area contributed by atoms with E-state index in [1.807, 2.05) is 60.7 Å². The third kappa shape index (κ3) is 5.45. The summed E-state index contributed by atoms with van der Waals surface area (Å²) in [4.78, 5) is 0. The molecule has 2 aromatic rings. The fraction of sp³-hybridized carbons (Fsp3) is 0.294. The second-order valence-electron chi connectivity index (χ2n) is 4.90. The van der Waals surface area contributed by atoms with Crippen molar-refractivity contribution >= 4 is 5.69 Å². The van der Waals surface area contributed by atoms with Gasteiger partial charge in [-0.15, -0.1) is 0 Å². The lowest BCUT2D eigenvalue weighted by Crippen LogP contribution is -2.40. The Morgan fingerprint density at radius 3 is 2.29 bits per heavy atom. The van der Waals surface area contributed by atoms with E-state index in [0.29, 0.717) is 12.2 Å². The summed E-state index contributed by atoms with van der Waals surface area (Å²) in [5.74, 6) is 0.673. The first-order chi connectivity index (χ1) is 10.3. The Morgan fingerprint density at radius 1 is 1.00 bits per heavy atom. The fourth-order valence-electron chi connectivity index (χ4n) is 2.00. The van der Waals surface area contributed by atoms with Crippen LogP contribution in [0.15, 0.2) is 60.7 Å². The van der Waals surface area contributed by atoms with Gasteiger partial charge >= 0.3 is 0 Å². The minimum absolute atomic E-state index is 0.591. The number of nitrogens with one attached hydrogen (secondary N) is 1. The van der Waals surface area contributed by atoms with E-state index in [2.05, 4.69) is 5.32 Å². The van der Waals surface area contributed by atoms with Gasteiger partial charge in [0.05, 0.1) is 0 Å². The van der Waals surface area contributed by atoms with Gasteiger partial charge in [0.25, 0.3) is 0 Å². The molecule has 0 saturated carbocycles. The zero-order valence-corrected chi connectivity index (χ0v) is 12.0. The van der Waals surface area contributed by atoms with Gasteiger partial charge in [-0.2, -0.15) is 0 Å². The lowest BCUT2D eigenvalue weighted by molar-refractivity contribution is 0.0340. The Bertz CT molecular complexity index is 505. The first-order valence-electron chi connectivity index (χ1n) is 7.20. The molecule has 0 aliphatic rings. The Morgan fingerprint density at radius 2 is 1.62 bits per heavy atom. The molecule has 0 fully saturated rings. The number of aliphatic hydroxyl groups excluding tert-OH is 1. The SMILES string of the molecule is NC(Oc1ccccc1)C(O)CCCNc1ccccc1. The number of nitrogens with two attached hydrogens (primary N) is 1. The van der Waals surface area contributed by atoms with Crippen molar-refractivity contribution in [2.24, 2.45) is 5.73 Å². The monoisotopic (exact) mass is 286 g/mol. The average Bonchev–Trinajstić information content (AvgIpc) is 2.53. The van der Waals surface area contributed by atoms with Gasteiger partial charge in [0.15, 0.2) is 6.23 Å². The molecule has 0 spiro atoms. The molecule has 0 heterocycles. The van der Waals surface area contributed by atoms with E-state index in [9.17, 15) is 5.11 Å². The normalized spacial score (nSPS) is 13.4. The summed E-state index contributed by atoms with van der Waals surface area (Å²) in [5.41, 5.74) is 6.93. The van der Waals surface area contributed by atoms with Crippen molar-refractivity contribution in [2.75, 3.05) is 11.9 Å². The van der Waals surface area contributed by atoms with E-state index in [4.69, 9.17) is 10.5 Å². The summed E-state index contributed by atoms with van der Waals surface area (Å²) < 4.78 is 5.50. The predicted molar refractivity (Wildman–Crippen MR) is 85.2 cm³/mol. The van der Waals surface area contributed by atoms with E-state index in [1.54, 1.807) is 0 Å². The van der Waals surface area contributed by atoms with Crippen molar-refractivity contribution in [3.63, 3.8) is 0 Å². The molecule has 112 valence electrons. The van der Waals surface area contributed by atoms with Crippen LogP contribution in [0.2, 0.25) is 0 Å². The zero-order chi connectivity index (χ0) is 14.9. The maximum atomic E-state index is 10.00.